The highest BCUT2D eigenvalue weighted by atomic mass is 16.5. The molecule has 1 N–H and O–H groups in total. The highest BCUT2D eigenvalue weighted by Crippen LogP contribution is 2.24. The number of hydrogen-bond acceptors (Lipinski definition) is 5. The predicted molar refractivity (Wildman–Crippen MR) is 91.5 cm³/mol. The molecule has 1 aromatic heterocycles. The van der Waals surface area contributed by atoms with Gasteiger partial charge in [0.2, 0.25) is 11.8 Å². The maximum atomic E-state index is 12.1. The summed E-state index contributed by atoms with van der Waals surface area (Å²) < 4.78 is 5.67. The summed E-state index contributed by atoms with van der Waals surface area (Å²) in [7, 11) is 0. The summed E-state index contributed by atoms with van der Waals surface area (Å²) >= 11 is 0. The van der Waals surface area contributed by atoms with Crippen molar-refractivity contribution in [1.82, 2.24) is 20.2 Å². The van der Waals surface area contributed by atoms with Gasteiger partial charge in [-0.25, -0.2) is 9.97 Å². The predicted octanol–water partition coefficient (Wildman–Crippen LogP) is 1.74. The Bertz CT molecular complexity index is 584. The van der Waals surface area contributed by atoms with Crippen LogP contribution in [0.1, 0.15) is 62.4 Å². The van der Waals surface area contributed by atoms with Crippen molar-refractivity contribution in [2.24, 2.45) is 0 Å². The van der Waals surface area contributed by atoms with Crippen molar-refractivity contribution in [3.8, 4) is 0 Å². The summed E-state index contributed by atoms with van der Waals surface area (Å²) in [6.45, 7) is 1.94. The number of hydrogen-bond donors (Lipinski definition) is 1. The first-order chi connectivity index (χ1) is 12.2. The van der Waals surface area contributed by atoms with E-state index in [2.05, 4.69) is 15.3 Å². The maximum absolute atomic E-state index is 12.1. The molecular formula is C18H26N4O3. The van der Waals surface area contributed by atoms with Gasteiger partial charge in [-0.05, 0) is 32.1 Å². The summed E-state index contributed by atoms with van der Waals surface area (Å²) in [4.78, 5) is 34.4. The zero-order chi connectivity index (χ0) is 17.5. The average Bonchev–Trinajstić information content (AvgIpc) is 2.86. The van der Waals surface area contributed by atoms with Crippen LogP contribution in [0.5, 0.6) is 0 Å². The van der Waals surface area contributed by atoms with E-state index in [0.717, 1.165) is 50.7 Å². The van der Waals surface area contributed by atoms with Crippen molar-refractivity contribution in [2.45, 2.75) is 57.6 Å². The first-order valence-electron chi connectivity index (χ1n) is 9.19. The van der Waals surface area contributed by atoms with Gasteiger partial charge in [-0.2, -0.15) is 0 Å². The van der Waals surface area contributed by atoms with Crippen LogP contribution in [0.2, 0.25) is 0 Å². The lowest BCUT2D eigenvalue weighted by molar-refractivity contribution is -0.135. The van der Waals surface area contributed by atoms with E-state index in [0.29, 0.717) is 25.3 Å². The fourth-order valence-electron chi connectivity index (χ4n) is 3.20. The molecule has 0 aliphatic carbocycles. The van der Waals surface area contributed by atoms with Crippen LogP contribution in [0.4, 0.5) is 0 Å². The Morgan fingerprint density at radius 1 is 1.20 bits per heavy atom. The van der Waals surface area contributed by atoms with Gasteiger partial charge in [0.1, 0.15) is 6.10 Å². The van der Waals surface area contributed by atoms with Crippen LogP contribution < -0.4 is 5.32 Å². The van der Waals surface area contributed by atoms with Crippen molar-refractivity contribution in [3.63, 3.8) is 0 Å². The Morgan fingerprint density at radius 2 is 2.04 bits per heavy atom. The molecule has 2 aliphatic rings. The number of ether oxygens (including phenoxy) is 1. The van der Waals surface area contributed by atoms with Crippen LogP contribution in [0.3, 0.4) is 0 Å². The molecule has 2 aliphatic heterocycles. The van der Waals surface area contributed by atoms with Crippen LogP contribution in [0.15, 0.2) is 12.4 Å². The van der Waals surface area contributed by atoms with Crippen LogP contribution in [0, 0.1) is 0 Å². The van der Waals surface area contributed by atoms with Crippen molar-refractivity contribution in [2.75, 3.05) is 19.7 Å². The standard InChI is InChI=1S/C18H26N4O3/c23-16(13-22-8-4-1-2-7-17(22)24)19-10-14-11-20-18(21-12-14)15-6-3-5-9-25-15/h11-12,15H,1-10,13H2,(H,19,23)/t15-/m0/s1. The van der Waals surface area contributed by atoms with E-state index >= 15 is 0 Å². The third-order valence-electron chi connectivity index (χ3n) is 4.69. The van der Waals surface area contributed by atoms with Crippen LogP contribution in [-0.4, -0.2) is 46.4 Å². The summed E-state index contributed by atoms with van der Waals surface area (Å²) in [6.07, 6.45) is 10.1. The van der Waals surface area contributed by atoms with E-state index in [9.17, 15) is 9.59 Å². The minimum atomic E-state index is -0.144. The smallest absolute Gasteiger partial charge is 0.239 e. The van der Waals surface area contributed by atoms with Crippen LogP contribution in [-0.2, 0) is 20.9 Å². The molecule has 0 unspecified atom stereocenters. The molecule has 1 aromatic rings. The van der Waals surface area contributed by atoms with Crippen molar-refractivity contribution in [1.29, 1.82) is 0 Å². The Morgan fingerprint density at radius 3 is 2.80 bits per heavy atom. The maximum Gasteiger partial charge on any atom is 0.239 e. The third-order valence-corrected chi connectivity index (χ3v) is 4.69. The minimum Gasteiger partial charge on any atom is -0.370 e. The molecule has 0 bridgehead atoms. The van der Waals surface area contributed by atoms with E-state index in [1.807, 2.05) is 0 Å². The van der Waals surface area contributed by atoms with E-state index in [1.165, 1.54) is 0 Å². The second kappa shape index (κ2) is 8.89. The zero-order valence-electron chi connectivity index (χ0n) is 14.6. The topological polar surface area (TPSA) is 84.4 Å². The van der Waals surface area contributed by atoms with Gasteiger partial charge >= 0.3 is 0 Å². The molecule has 0 aromatic carbocycles. The monoisotopic (exact) mass is 346 g/mol. The van der Waals surface area contributed by atoms with Gasteiger partial charge in [-0.15, -0.1) is 0 Å². The Balaban J connectivity index is 1.46. The fourth-order valence-corrected chi connectivity index (χ4v) is 3.20. The average molecular weight is 346 g/mol. The quantitative estimate of drug-likeness (QED) is 0.878. The number of carbonyl (C=O) groups excluding carboxylic acids is 2. The van der Waals surface area contributed by atoms with E-state index in [1.54, 1.807) is 17.3 Å². The molecule has 0 radical (unpaired) electrons. The zero-order valence-corrected chi connectivity index (χ0v) is 14.6. The highest BCUT2D eigenvalue weighted by Gasteiger charge is 2.20. The second-order valence-corrected chi connectivity index (χ2v) is 6.71. The Kier molecular flexibility index (Phi) is 6.33. The van der Waals surface area contributed by atoms with Crippen molar-refractivity contribution < 1.29 is 14.3 Å². The van der Waals surface area contributed by atoms with Crippen molar-refractivity contribution in [3.05, 3.63) is 23.8 Å². The van der Waals surface area contributed by atoms with Gasteiger partial charge in [0.15, 0.2) is 5.82 Å². The third kappa shape index (κ3) is 5.22. The number of rotatable bonds is 5. The summed E-state index contributed by atoms with van der Waals surface area (Å²) in [5, 5.41) is 2.84. The lowest BCUT2D eigenvalue weighted by Gasteiger charge is -2.21. The van der Waals surface area contributed by atoms with Gasteiger partial charge < -0.3 is 15.0 Å². The molecule has 3 rings (SSSR count). The second-order valence-electron chi connectivity index (χ2n) is 6.71. The Labute approximate surface area is 148 Å². The molecule has 7 nitrogen and oxygen atoms in total. The molecule has 1 atom stereocenters. The molecule has 7 heteroatoms. The lowest BCUT2D eigenvalue weighted by atomic mass is 10.1. The van der Waals surface area contributed by atoms with Gasteiger partial charge in [0.25, 0.3) is 0 Å². The van der Waals surface area contributed by atoms with Gasteiger partial charge in [0, 0.05) is 44.1 Å². The first kappa shape index (κ1) is 17.8. The SMILES string of the molecule is O=C(CN1CCCCCC1=O)NCc1cnc([C@@H]2CCCCO2)nc1. The number of amides is 2. The molecule has 3 heterocycles. The Hall–Kier alpha value is -2.02. The van der Waals surface area contributed by atoms with Crippen molar-refractivity contribution >= 4 is 11.8 Å². The molecule has 0 saturated carbocycles. The van der Waals surface area contributed by atoms with Gasteiger partial charge in [-0.1, -0.05) is 6.42 Å². The molecule has 136 valence electrons. The van der Waals surface area contributed by atoms with E-state index in [4.69, 9.17) is 4.74 Å². The van der Waals surface area contributed by atoms with E-state index in [-0.39, 0.29) is 24.5 Å². The molecule has 2 fully saturated rings. The highest BCUT2D eigenvalue weighted by molar-refractivity contribution is 5.84. The largest absolute Gasteiger partial charge is 0.370 e. The molecular weight excluding hydrogens is 320 g/mol. The van der Waals surface area contributed by atoms with E-state index < -0.39 is 0 Å². The lowest BCUT2D eigenvalue weighted by Crippen LogP contribution is -2.40. The number of nitrogens with one attached hydrogen (secondary N) is 1. The molecule has 25 heavy (non-hydrogen) atoms. The summed E-state index contributed by atoms with van der Waals surface area (Å²) in [5.41, 5.74) is 0.843. The number of nitrogens with zero attached hydrogens (tertiary/aromatic N) is 3. The molecule has 2 amide bonds. The normalized spacial score (nSPS) is 21.7. The number of carbonyl (C=O) groups is 2. The van der Waals surface area contributed by atoms with Crippen LogP contribution >= 0.6 is 0 Å². The summed E-state index contributed by atoms with van der Waals surface area (Å²) in [6, 6.07) is 0. The fraction of sp³-hybridized carbons (Fsp3) is 0.667. The molecule has 2 saturated heterocycles. The first-order valence-corrected chi connectivity index (χ1v) is 9.19. The van der Waals surface area contributed by atoms with Gasteiger partial charge in [0.05, 0.1) is 6.54 Å². The molecule has 0 spiro atoms. The van der Waals surface area contributed by atoms with Crippen LogP contribution in [0.25, 0.3) is 0 Å². The van der Waals surface area contributed by atoms with Gasteiger partial charge in [-0.3, -0.25) is 9.59 Å². The number of likely N-dealkylation sites (tertiary alicyclic amines) is 1. The minimum absolute atomic E-state index is 0.00793. The summed E-state index contributed by atoms with van der Waals surface area (Å²) in [5.74, 6) is 0.646. The number of aromatic nitrogens is 2.